The molecule has 262 valence electrons. The fourth-order valence-electron chi connectivity index (χ4n) is 5.77. The topological polar surface area (TPSA) is 55.8 Å². The van der Waals surface area contributed by atoms with E-state index >= 15 is 0 Å². The third kappa shape index (κ3) is 27.9. The summed E-state index contributed by atoms with van der Waals surface area (Å²) in [4.78, 5) is 27.0. The van der Waals surface area contributed by atoms with E-state index < -0.39 is 0 Å². The van der Waals surface area contributed by atoms with Crippen LogP contribution in [0.1, 0.15) is 182 Å². The maximum atomic E-state index is 12.2. The number of nitrogens with zero attached hydrogens (tertiary/aromatic N) is 1. The first-order chi connectivity index (χ1) is 21.0. The third-order valence-corrected chi connectivity index (χ3v) is 8.91. The Labute approximate surface area is 289 Å². The zero-order valence-corrected chi connectivity index (χ0v) is 31.9. The minimum Gasteiger partial charge on any atom is -0.465 e. The minimum absolute atomic E-state index is 0. The molecule has 0 saturated carbocycles. The van der Waals surface area contributed by atoms with E-state index in [2.05, 4.69) is 39.5 Å². The largest absolute Gasteiger partial charge is 0.465 e. The molecular weight excluding hydrogens is 630 g/mol. The van der Waals surface area contributed by atoms with Crippen LogP contribution >= 0.6 is 0 Å². The molecule has 0 N–H and O–H groups in total. The van der Waals surface area contributed by atoms with Crippen LogP contribution in [0.3, 0.4) is 0 Å². The van der Waals surface area contributed by atoms with Crippen LogP contribution in [0.25, 0.3) is 0 Å². The second-order valence-corrected chi connectivity index (χ2v) is 12.8. The van der Waals surface area contributed by atoms with E-state index in [0.29, 0.717) is 13.2 Å². The zero-order valence-electron chi connectivity index (χ0n) is 29.9. The van der Waals surface area contributed by atoms with Crippen molar-refractivity contribution in [1.82, 2.24) is 4.90 Å². The first-order valence-corrected chi connectivity index (χ1v) is 18.9. The van der Waals surface area contributed by atoms with Crippen molar-refractivity contribution < 1.29 is 40.1 Å². The van der Waals surface area contributed by atoms with E-state index in [0.717, 1.165) is 70.6 Å². The Morgan fingerprint density at radius 1 is 0.523 bits per heavy atom. The van der Waals surface area contributed by atoms with Crippen LogP contribution in [0.15, 0.2) is 0 Å². The molecule has 0 aliphatic carbocycles. The standard InChI is InChI=1S/C38H74NO4.Mo/c1-6-11-28-35(9-4)37(40)42-33-26-22-18-14-16-20-24-31-39(30-13-8-3)32-25-21-17-15-19-23-27-34-43-38(41)36(10-5)29-12-7-2;/h35-36H,3,6-34H2,1-2,4-5H3;/q-1;. The summed E-state index contributed by atoms with van der Waals surface area (Å²) in [5.74, 6) is 0.243. The van der Waals surface area contributed by atoms with Crippen LogP contribution in [0.4, 0.5) is 0 Å². The molecule has 0 saturated heterocycles. The van der Waals surface area contributed by atoms with E-state index in [9.17, 15) is 9.59 Å². The molecule has 0 amide bonds. The average molecular weight is 705 g/mol. The molecule has 0 fully saturated rings. The SMILES string of the molecule is [CH2-]CCCN(CCCCCCCCCOC(=O)C(CC)CCCC)CCCCCCCCCOC(=O)C(CC)CCCC.[Mo]. The average Bonchev–Trinajstić information content (AvgIpc) is 3.01. The van der Waals surface area contributed by atoms with Crippen molar-refractivity contribution in [3.05, 3.63) is 6.92 Å². The molecule has 0 aromatic heterocycles. The van der Waals surface area contributed by atoms with Gasteiger partial charge in [0.1, 0.15) is 0 Å². The fraction of sp³-hybridized carbons (Fsp3) is 0.921. The van der Waals surface area contributed by atoms with E-state index in [1.807, 2.05) is 0 Å². The molecule has 2 unspecified atom stereocenters. The van der Waals surface area contributed by atoms with E-state index in [1.54, 1.807) is 0 Å². The molecule has 5 nitrogen and oxygen atoms in total. The van der Waals surface area contributed by atoms with Gasteiger partial charge in [0.2, 0.25) is 0 Å². The van der Waals surface area contributed by atoms with Crippen molar-refractivity contribution in [2.24, 2.45) is 11.8 Å². The second kappa shape index (κ2) is 35.4. The van der Waals surface area contributed by atoms with Gasteiger partial charge in [0.25, 0.3) is 0 Å². The van der Waals surface area contributed by atoms with Gasteiger partial charge in [0, 0.05) is 21.1 Å². The maximum Gasteiger partial charge on any atom is 0.308 e. The summed E-state index contributed by atoms with van der Waals surface area (Å²) in [6.07, 6.45) is 27.8. The quantitative estimate of drug-likeness (QED) is 0.0295. The number of hydrogen-bond acceptors (Lipinski definition) is 5. The number of hydrogen-bond donors (Lipinski definition) is 0. The molecule has 0 aliphatic rings. The van der Waals surface area contributed by atoms with Crippen molar-refractivity contribution in [1.29, 1.82) is 0 Å². The monoisotopic (exact) mass is 706 g/mol. The Hall–Kier alpha value is -0.412. The molecule has 6 heteroatoms. The predicted molar refractivity (Wildman–Crippen MR) is 184 cm³/mol. The smallest absolute Gasteiger partial charge is 0.308 e. The van der Waals surface area contributed by atoms with E-state index in [-0.39, 0.29) is 44.8 Å². The molecule has 44 heavy (non-hydrogen) atoms. The molecule has 0 aromatic rings. The normalized spacial score (nSPS) is 12.6. The van der Waals surface area contributed by atoms with Gasteiger partial charge in [-0.3, -0.25) is 9.59 Å². The summed E-state index contributed by atoms with van der Waals surface area (Å²) in [7, 11) is 0. The molecule has 2 atom stereocenters. The van der Waals surface area contributed by atoms with Crippen LogP contribution < -0.4 is 0 Å². The van der Waals surface area contributed by atoms with Gasteiger partial charge < -0.3 is 21.3 Å². The van der Waals surface area contributed by atoms with Gasteiger partial charge in [0.15, 0.2) is 0 Å². The number of rotatable bonds is 33. The number of ether oxygens (including phenoxy) is 2. The number of esters is 2. The summed E-state index contributed by atoms with van der Waals surface area (Å²) in [5, 5.41) is 0. The van der Waals surface area contributed by atoms with E-state index in [1.165, 1.54) is 103 Å². The molecule has 0 radical (unpaired) electrons. The summed E-state index contributed by atoms with van der Waals surface area (Å²) >= 11 is 0. The van der Waals surface area contributed by atoms with Crippen LogP contribution in [-0.2, 0) is 40.1 Å². The van der Waals surface area contributed by atoms with Crippen LogP contribution in [-0.4, -0.2) is 49.7 Å². The number of unbranched alkanes of at least 4 members (excludes halogenated alkanes) is 15. The van der Waals surface area contributed by atoms with Crippen LogP contribution in [0.5, 0.6) is 0 Å². The number of carbonyl (C=O) groups excluding carboxylic acids is 2. The first-order valence-electron chi connectivity index (χ1n) is 18.9. The second-order valence-electron chi connectivity index (χ2n) is 12.8. The zero-order chi connectivity index (χ0) is 31.8. The molecular formula is C38H74MoNO4-. The summed E-state index contributed by atoms with van der Waals surface area (Å²) in [5.41, 5.74) is 0. The molecule has 0 rings (SSSR count). The number of carbonyl (C=O) groups is 2. The summed E-state index contributed by atoms with van der Waals surface area (Å²) in [6, 6.07) is 0. The predicted octanol–water partition coefficient (Wildman–Crippen LogP) is 10.9. The van der Waals surface area contributed by atoms with Gasteiger partial charge in [-0.2, -0.15) is 6.42 Å². The van der Waals surface area contributed by atoms with Crippen molar-refractivity contribution in [2.45, 2.75) is 182 Å². The van der Waals surface area contributed by atoms with Crippen molar-refractivity contribution >= 4 is 11.9 Å². The van der Waals surface area contributed by atoms with Gasteiger partial charge in [-0.1, -0.05) is 124 Å². The summed E-state index contributed by atoms with van der Waals surface area (Å²) < 4.78 is 11.1. The molecule has 0 bridgehead atoms. The van der Waals surface area contributed by atoms with Gasteiger partial charge in [-0.25, -0.2) is 0 Å². The fourth-order valence-corrected chi connectivity index (χ4v) is 5.77. The Bertz CT molecular complexity index is 570. The Kier molecular flexibility index (Phi) is 36.8. The van der Waals surface area contributed by atoms with Crippen molar-refractivity contribution in [3.63, 3.8) is 0 Å². The van der Waals surface area contributed by atoms with Gasteiger partial charge in [-0.15, -0.1) is 0 Å². The molecule has 0 heterocycles. The van der Waals surface area contributed by atoms with Crippen molar-refractivity contribution in [2.75, 3.05) is 32.8 Å². The van der Waals surface area contributed by atoms with Gasteiger partial charge in [-0.05, 0) is 71.0 Å². The van der Waals surface area contributed by atoms with Crippen LogP contribution in [0.2, 0.25) is 0 Å². The minimum atomic E-state index is 0. The van der Waals surface area contributed by atoms with Crippen molar-refractivity contribution in [3.8, 4) is 0 Å². The van der Waals surface area contributed by atoms with Gasteiger partial charge >= 0.3 is 11.9 Å². The van der Waals surface area contributed by atoms with Gasteiger partial charge in [0.05, 0.1) is 25.0 Å². The Balaban J connectivity index is 0. The molecule has 0 aromatic carbocycles. The maximum absolute atomic E-state index is 12.2. The first kappa shape index (κ1) is 45.7. The molecule has 0 spiro atoms. The van der Waals surface area contributed by atoms with Crippen LogP contribution in [0, 0.1) is 18.8 Å². The third-order valence-electron chi connectivity index (χ3n) is 8.91. The Morgan fingerprint density at radius 3 is 1.20 bits per heavy atom. The molecule has 0 aliphatic heterocycles. The summed E-state index contributed by atoms with van der Waals surface area (Å²) in [6.45, 7) is 17.4. The van der Waals surface area contributed by atoms with E-state index in [4.69, 9.17) is 9.47 Å². The Morgan fingerprint density at radius 2 is 0.864 bits per heavy atom.